The first kappa shape index (κ1) is 23.1. The second-order valence-corrected chi connectivity index (χ2v) is 9.29. The average molecular weight is 501 g/mol. The molecular formula is C29H25FN2O5. The first-order chi connectivity index (χ1) is 18.0. The van der Waals surface area contributed by atoms with Crippen molar-refractivity contribution < 1.29 is 28.6 Å². The molecule has 0 bridgehead atoms. The van der Waals surface area contributed by atoms with Crippen molar-refractivity contribution in [3.8, 4) is 11.5 Å². The molecule has 3 aromatic rings. The number of rotatable bonds is 4. The van der Waals surface area contributed by atoms with Gasteiger partial charge in [0.15, 0.2) is 11.5 Å². The lowest BCUT2D eigenvalue weighted by Gasteiger charge is -2.26. The second kappa shape index (κ2) is 9.28. The molecule has 1 N–H and O–H groups in total. The Hall–Kier alpha value is -4.33. The lowest BCUT2D eigenvalue weighted by Crippen LogP contribution is -2.29. The molecule has 1 atom stereocenters. The van der Waals surface area contributed by atoms with E-state index in [1.807, 2.05) is 12.1 Å². The number of fused-ring (bicyclic) bond motifs is 1. The maximum Gasteiger partial charge on any atom is 0.300 e. The van der Waals surface area contributed by atoms with Gasteiger partial charge in [0.25, 0.3) is 11.7 Å². The number of aliphatic hydroxyl groups excluding tert-OH is 1. The largest absolute Gasteiger partial charge is 0.507 e. The molecule has 0 saturated carbocycles. The molecule has 8 heteroatoms. The molecule has 188 valence electrons. The molecule has 0 spiro atoms. The van der Waals surface area contributed by atoms with Crippen molar-refractivity contribution in [3.63, 3.8) is 0 Å². The Morgan fingerprint density at radius 2 is 1.49 bits per heavy atom. The van der Waals surface area contributed by atoms with Crippen molar-refractivity contribution in [1.29, 1.82) is 0 Å². The van der Waals surface area contributed by atoms with Crippen LogP contribution in [0.4, 0.5) is 15.8 Å². The van der Waals surface area contributed by atoms with E-state index in [4.69, 9.17) is 9.47 Å². The summed E-state index contributed by atoms with van der Waals surface area (Å²) in [6.07, 6.45) is 2.28. The summed E-state index contributed by atoms with van der Waals surface area (Å²) in [6.45, 7) is 2.75. The highest BCUT2D eigenvalue weighted by molar-refractivity contribution is 6.51. The zero-order valence-electron chi connectivity index (χ0n) is 20.0. The van der Waals surface area contributed by atoms with E-state index in [0.717, 1.165) is 31.6 Å². The number of carbonyl (C=O) groups excluding carboxylic acids is 2. The van der Waals surface area contributed by atoms with Gasteiger partial charge in [0.05, 0.1) is 11.6 Å². The lowest BCUT2D eigenvalue weighted by molar-refractivity contribution is -0.132. The van der Waals surface area contributed by atoms with Crippen LogP contribution in [0.2, 0.25) is 0 Å². The molecule has 3 aromatic carbocycles. The Balaban J connectivity index is 1.45. The summed E-state index contributed by atoms with van der Waals surface area (Å²) >= 11 is 0. The Bertz CT molecular complexity index is 1390. The fourth-order valence-corrected chi connectivity index (χ4v) is 5.20. The summed E-state index contributed by atoms with van der Waals surface area (Å²) in [7, 11) is 0. The van der Waals surface area contributed by atoms with Crippen LogP contribution in [-0.2, 0) is 9.59 Å². The number of anilines is 2. The van der Waals surface area contributed by atoms with Gasteiger partial charge in [-0.3, -0.25) is 14.5 Å². The van der Waals surface area contributed by atoms with Crippen LogP contribution in [0.3, 0.4) is 0 Å². The van der Waals surface area contributed by atoms with Crippen molar-refractivity contribution in [2.75, 3.05) is 36.1 Å². The molecule has 3 heterocycles. The summed E-state index contributed by atoms with van der Waals surface area (Å²) in [4.78, 5) is 30.4. The zero-order chi connectivity index (χ0) is 25.5. The Morgan fingerprint density at radius 3 is 2.19 bits per heavy atom. The molecule has 3 aliphatic rings. The number of ether oxygens (including phenoxy) is 2. The van der Waals surface area contributed by atoms with Crippen molar-refractivity contribution in [2.45, 2.75) is 18.9 Å². The van der Waals surface area contributed by atoms with Gasteiger partial charge in [-0.25, -0.2) is 4.39 Å². The lowest BCUT2D eigenvalue weighted by atomic mass is 9.95. The number of ketones is 1. The fourth-order valence-electron chi connectivity index (χ4n) is 5.20. The van der Waals surface area contributed by atoms with Gasteiger partial charge in [-0.2, -0.15) is 0 Å². The molecule has 7 nitrogen and oxygen atoms in total. The fraction of sp³-hybridized carbons (Fsp3) is 0.241. The molecule has 2 saturated heterocycles. The van der Waals surface area contributed by atoms with E-state index in [-0.39, 0.29) is 11.3 Å². The number of hydrogen-bond acceptors (Lipinski definition) is 6. The van der Waals surface area contributed by atoms with Gasteiger partial charge in [0, 0.05) is 30.0 Å². The first-order valence-corrected chi connectivity index (χ1v) is 12.3. The maximum absolute atomic E-state index is 13.8. The van der Waals surface area contributed by atoms with Crippen molar-refractivity contribution >= 4 is 28.8 Å². The summed E-state index contributed by atoms with van der Waals surface area (Å²) in [5.41, 5.74) is 2.31. The number of carbonyl (C=O) groups is 2. The monoisotopic (exact) mass is 500 g/mol. The predicted octanol–water partition coefficient (Wildman–Crippen LogP) is 4.82. The van der Waals surface area contributed by atoms with Crippen molar-refractivity contribution in [2.24, 2.45) is 0 Å². The number of benzene rings is 3. The molecule has 0 aliphatic carbocycles. The number of aliphatic hydroxyl groups is 1. The molecule has 0 radical (unpaired) electrons. The Kier molecular flexibility index (Phi) is 5.79. The number of hydrogen-bond donors (Lipinski definition) is 1. The van der Waals surface area contributed by atoms with Gasteiger partial charge in [-0.15, -0.1) is 0 Å². The third-order valence-corrected chi connectivity index (χ3v) is 7.04. The molecule has 1 unspecified atom stereocenters. The number of halogens is 1. The van der Waals surface area contributed by atoms with Gasteiger partial charge in [0.1, 0.15) is 24.8 Å². The number of nitrogens with zero attached hydrogens (tertiary/aromatic N) is 2. The van der Waals surface area contributed by atoms with Crippen LogP contribution in [0.5, 0.6) is 11.5 Å². The van der Waals surface area contributed by atoms with Crippen LogP contribution in [0.25, 0.3) is 5.76 Å². The maximum atomic E-state index is 13.8. The quantitative estimate of drug-likeness (QED) is 0.314. The minimum atomic E-state index is -0.938. The highest BCUT2D eigenvalue weighted by atomic mass is 19.1. The minimum absolute atomic E-state index is 0.0723. The highest BCUT2D eigenvalue weighted by Gasteiger charge is 2.47. The van der Waals surface area contributed by atoms with E-state index in [0.29, 0.717) is 41.5 Å². The number of Topliss-reactive ketones (excluding diaryl/α,β-unsaturated/α-hetero) is 1. The van der Waals surface area contributed by atoms with Crippen LogP contribution < -0.4 is 19.3 Å². The molecule has 0 aromatic heterocycles. The summed E-state index contributed by atoms with van der Waals surface area (Å²) in [5.74, 6) is -1.37. The van der Waals surface area contributed by atoms with E-state index in [2.05, 4.69) is 4.90 Å². The zero-order valence-corrected chi connectivity index (χ0v) is 20.0. The first-order valence-electron chi connectivity index (χ1n) is 12.3. The van der Waals surface area contributed by atoms with Crippen LogP contribution >= 0.6 is 0 Å². The second-order valence-electron chi connectivity index (χ2n) is 9.29. The van der Waals surface area contributed by atoms with E-state index in [1.165, 1.54) is 29.2 Å². The average Bonchev–Trinajstić information content (AvgIpc) is 3.56. The van der Waals surface area contributed by atoms with E-state index < -0.39 is 23.5 Å². The molecular weight excluding hydrogens is 475 g/mol. The van der Waals surface area contributed by atoms with E-state index in [9.17, 15) is 19.1 Å². The van der Waals surface area contributed by atoms with Crippen LogP contribution in [0, 0.1) is 5.82 Å². The van der Waals surface area contributed by atoms with E-state index >= 15 is 0 Å². The third kappa shape index (κ3) is 4.08. The van der Waals surface area contributed by atoms with E-state index in [1.54, 1.807) is 30.3 Å². The van der Waals surface area contributed by atoms with Crippen LogP contribution in [0.1, 0.15) is 30.0 Å². The van der Waals surface area contributed by atoms with Gasteiger partial charge in [-0.05, 0) is 73.0 Å². The number of amides is 1. The molecule has 6 rings (SSSR count). The van der Waals surface area contributed by atoms with Gasteiger partial charge in [-0.1, -0.05) is 12.1 Å². The van der Waals surface area contributed by atoms with Gasteiger partial charge in [0.2, 0.25) is 0 Å². The third-order valence-electron chi connectivity index (χ3n) is 7.04. The highest BCUT2D eigenvalue weighted by Crippen LogP contribution is 2.43. The predicted molar refractivity (Wildman–Crippen MR) is 137 cm³/mol. The summed E-state index contributed by atoms with van der Waals surface area (Å²) in [5, 5.41) is 11.4. The molecule has 1 amide bonds. The SMILES string of the molecule is O=C1C(=O)N(c2ccc(N3CCCC3)cc2)C(c2ccc(F)cc2)/C1=C(/O)c1ccc2c(c1)OCCO2. The van der Waals surface area contributed by atoms with Crippen molar-refractivity contribution in [1.82, 2.24) is 0 Å². The van der Waals surface area contributed by atoms with Crippen LogP contribution in [-0.4, -0.2) is 43.1 Å². The minimum Gasteiger partial charge on any atom is -0.507 e. The van der Waals surface area contributed by atoms with Gasteiger partial charge >= 0.3 is 0 Å². The van der Waals surface area contributed by atoms with Crippen molar-refractivity contribution in [3.05, 3.63) is 89.2 Å². The van der Waals surface area contributed by atoms with Gasteiger partial charge < -0.3 is 19.5 Å². The standard InChI is InChI=1S/C29H25FN2O5/c30-20-6-3-18(4-7-20)26-25(27(33)19-5-12-23-24(17-19)37-16-15-36-23)28(34)29(35)32(26)22-10-8-21(9-11-22)31-13-1-2-14-31/h3-12,17,26,33H,1-2,13-16H2/b27-25-. The topological polar surface area (TPSA) is 79.3 Å². The summed E-state index contributed by atoms with van der Waals surface area (Å²) in [6, 6.07) is 17.0. The van der Waals surface area contributed by atoms with Crippen LogP contribution in [0.15, 0.2) is 72.3 Å². The summed E-state index contributed by atoms with van der Waals surface area (Å²) < 4.78 is 25.0. The Labute approximate surface area is 213 Å². The smallest absolute Gasteiger partial charge is 0.300 e. The normalized spacial score (nSPS) is 20.5. The molecule has 37 heavy (non-hydrogen) atoms. The molecule has 3 aliphatic heterocycles. The Morgan fingerprint density at radius 1 is 0.838 bits per heavy atom. The molecule has 2 fully saturated rings.